The number of thioether (sulfide) groups is 1. The number of carbonyl (C=O) groups is 1. The minimum atomic E-state index is -3.08. The van der Waals surface area contributed by atoms with E-state index < -0.39 is 127 Å². The van der Waals surface area contributed by atoms with Crippen molar-refractivity contribution in [1.82, 2.24) is 19.9 Å². The highest BCUT2D eigenvalue weighted by Gasteiger charge is 2.56. The van der Waals surface area contributed by atoms with Gasteiger partial charge in [-0.15, -0.1) is 16.9 Å². The van der Waals surface area contributed by atoms with Gasteiger partial charge < -0.3 is 29.7 Å². The third-order valence-electron chi connectivity index (χ3n) is 8.99. The lowest BCUT2D eigenvalue weighted by molar-refractivity contribution is -0.187. The molecule has 3 fully saturated rings. The first-order chi connectivity index (χ1) is 21.5. The number of benzene rings is 1. The maximum Gasteiger partial charge on any atom is 0.252 e. The maximum absolute atomic E-state index is 14.1. The molecule has 1 aliphatic heterocycles. The number of nitrogens with zero attached hydrogens (tertiary/aromatic N) is 4. The van der Waals surface area contributed by atoms with E-state index in [4.69, 9.17) is 9.47 Å². The molecule has 256 valence electrons. The molecule has 3 N–H and O–H groups in total. The van der Waals surface area contributed by atoms with Crippen LogP contribution < -0.4 is 0 Å². The molecule has 1 aromatic heterocycles. The molecule has 1 saturated heterocycles. The molecule has 0 bridgehead atoms. The molecule has 18 heteroatoms. The molecule has 0 radical (unpaired) electrons. The van der Waals surface area contributed by atoms with Crippen LogP contribution in [0.4, 0.5) is 30.7 Å². The lowest BCUT2D eigenvalue weighted by Crippen LogP contribution is -2.60. The van der Waals surface area contributed by atoms with Crippen LogP contribution in [0.3, 0.4) is 0 Å². The summed E-state index contributed by atoms with van der Waals surface area (Å²) in [6.45, 7) is -0.757. The number of aromatic nitrogens is 3. The molecule has 10 nitrogen and oxygen atoms in total. The van der Waals surface area contributed by atoms with Crippen LogP contribution in [-0.4, -0.2) is 114 Å². The van der Waals surface area contributed by atoms with Crippen LogP contribution in [-0.2, 0) is 14.3 Å². The first-order valence-corrected chi connectivity index (χ1v) is 15.4. The quantitative estimate of drug-likeness (QED) is 0.269. The van der Waals surface area contributed by atoms with Gasteiger partial charge in [-0.3, -0.25) is 4.79 Å². The van der Waals surface area contributed by atoms with E-state index in [0.29, 0.717) is 23.9 Å². The Labute approximate surface area is 262 Å². The van der Waals surface area contributed by atoms with Crippen LogP contribution in [0.5, 0.6) is 0 Å². The van der Waals surface area contributed by atoms with Crippen molar-refractivity contribution in [2.75, 3.05) is 20.8 Å². The zero-order valence-corrected chi connectivity index (χ0v) is 25.4. The van der Waals surface area contributed by atoms with Crippen molar-refractivity contribution in [3.63, 3.8) is 0 Å². The van der Waals surface area contributed by atoms with E-state index >= 15 is 0 Å². The molecule has 2 aliphatic carbocycles. The average molecular weight is 687 g/mol. The Hall–Kier alpha value is -2.51. The number of alkyl halides is 4. The smallest absolute Gasteiger partial charge is 0.252 e. The summed E-state index contributed by atoms with van der Waals surface area (Å²) in [5.74, 6) is -11.5. The van der Waals surface area contributed by atoms with Crippen molar-refractivity contribution in [3.05, 3.63) is 35.8 Å². The van der Waals surface area contributed by atoms with Crippen molar-refractivity contribution < 1.29 is 60.3 Å². The van der Waals surface area contributed by atoms with Crippen molar-refractivity contribution in [1.29, 1.82) is 0 Å². The second-order valence-corrected chi connectivity index (χ2v) is 13.3. The molecular weight excluding hydrogens is 653 g/mol. The predicted octanol–water partition coefficient (Wildman–Crippen LogP) is 3.29. The molecule has 0 spiro atoms. The number of hydrogen-bond acceptors (Lipinski definition) is 9. The molecule has 1 aromatic carbocycles. The summed E-state index contributed by atoms with van der Waals surface area (Å²) >= 11 is 0.675. The molecule has 2 heterocycles. The van der Waals surface area contributed by atoms with E-state index in [9.17, 15) is 50.8 Å². The second-order valence-electron chi connectivity index (χ2n) is 12.1. The molecule has 1 amide bonds. The second kappa shape index (κ2) is 12.8. The van der Waals surface area contributed by atoms with Gasteiger partial charge in [-0.1, -0.05) is 5.21 Å². The topological polar surface area (TPSA) is 130 Å². The molecule has 1 unspecified atom stereocenters. The van der Waals surface area contributed by atoms with E-state index in [0.717, 1.165) is 9.58 Å². The number of hydrogen-bond donors (Lipinski definition) is 3. The number of methoxy groups -OCH3 is 1. The molecule has 46 heavy (non-hydrogen) atoms. The van der Waals surface area contributed by atoms with Gasteiger partial charge in [-0.05, 0) is 25.0 Å². The largest absolute Gasteiger partial charge is 0.394 e. The van der Waals surface area contributed by atoms with E-state index in [2.05, 4.69) is 10.3 Å². The summed E-state index contributed by atoms with van der Waals surface area (Å²) in [7, 11) is 2.51. The van der Waals surface area contributed by atoms with Gasteiger partial charge in [0.15, 0.2) is 17.5 Å². The number of aliphatic hydroxyl groups is 3. The zero-order valence-electron chi connectivity index (χ0n) is 24.6. The van der Waals surface area contributed by atoms with Gasteiger partial charge in [0.25, 0.3) is 5.92 Å². The SMILES string of the molecule is CO[C@@H]1[C@@H](n2cc(-c3cc(F)c(F)c(F)c3)nn2)[C@@H](O)[C@@H](CO)O[C@H]1SC(C(=O)N(C)C1CC(F)(F)C1)C1(O)CCC(F)(F)CC1. The van der Waals surface area contributed by atoms with E-state index in [1.54, 1.807) is 0 Å². The van der Waals surface area contributed by atoms with Crippen LogP contribution >= 0.6 is 11.8 Å². The summed E-state index contributed by atoms with van der Waals surface area (Å²) in [4.78, 5) is 14.9. The van der Waals surface area contributed by atoms with Gasteiger partial charge in [0.2, 0.25) is 11.8 Å². The number of rotatable bonds is 9. The Morgan fingerprint density at radius 2 is 1.74 bits per heavy atom. The standard InChI is InChI=1S/C28H33F7N4O6S/c1-38(14-9-28(34,35)10-14)24(42)23(26(43)3-5-27(32,33)6-4-26)46-25-22(44-2)20(21(41)18(12-40)45-25)39-11-17(36-37-39)13-7-15(29)19(31)16(30)8-13/h7-8,11,14,18,20-23,25,40-41,43H,3-6,9-10,12H2,1-2H3/t18-,20+,21+,22-,23?,25+/m1/s1. The third-order valence-corrected chi connectivity index (χ3v) is 10.5. The number of halogens is 7. The van der Waals surface area contributed by atoms with E-state index in [1.165, 1.54) is 20.4 Å². The summed E-state index contributed by atoms with van der Waals surface area (Å²) in [6, 6.07) is -0.724. The predicted molar refractivity (Wildman–Crippen MR) is 147 cm³/mol. The summed E-state index contributed by atoms with van der Waals surface area (Å²) in [6.07, 6.45) is -6.61. The Morgan fingerprint density at radius 1 is 1.13 bits per heavy atom. The fourth-order valence-corrected chi connectivity index (χ4v) is 7.78. The van der Waals surface area contributed by atoms with Crippen molar-refractivity contribution >= 4 is 17.7 Å². The highest BCUT2D eigenvalue weighted by atomic mass is 32.2. The molecule has 5 rings (SSSR count). The molecular formula is C28H33F7N4O6S. The fraction of sp³-hybridized carbons (Fsp3) is 0.679. The van der Waals surface area contributed by atoms with Gasteiger partial charge >= 0.3 is 0 Å². The van der Waals surface area contributed by atoms with Crippen molar-refractivity contribution in [2.45, 2.75) is 97.1 Å². The van der Waals surface area contributed by atoms with Crippen LogP contribution in [0.15, 0.2) is 18.3 Å². The minimum Gasteiger partial charge on any atom is -0.394 e. The highest BCUT2D eigenvalue weighted by molar-refractivity contribution is 8.01. The van der Waals surface area contributed by atoms with E-state index in [-0.39, 0.29) is 11.3 Å². The van der Waals surface area contributed by atoms with Gasteiger partial charge in [0, 0.05) is 51.4 Å². The van der Waals surface area contributed by atoms with Gasteiger partial charge in [0.05, 0.1) is 18.4 Å². The van der Waals surface area contributed by atoms with Gasteiger partial charge in [-0.25, -0.2) is 35.4 Å². The highest BCUT2D eigenvalue weighted by Crippen LogP contribution is 2.48. The Morgan fingerprint density at radius 3 is 2.28 bits per heavy atom. The van der Waals surface area contributed by atoms with Crippen LogP contribution in [0.2, 0.25) is 0 Å². The van der Waals surface area contributed by atoms with Crippen LogP contribution in [0, 0.1) is 17.5 Å². The number of ether oxygens (including phenoxy) is 2. The number of aliphatic hydroxyl groups excluding tert-OH is 2. The first-order valence-electron chi connectivity index (χ1n) is 14.4. The lowest BCUT2D eigenvalue weighted by atomic mass is 9.79. The first kappa shape index (κ1) is 34.8. The third kappa shape index (κ3) is 6.74. The molecule has 6 atom stereocenters. The Balaban J connectivity index is 1.47. The number of carbonyl (C=O) groups excluding carboxylic acids is 1. The van der Waals surface area contributed by atoms with Crippen LogP contribution in [0.1, 0.15) is 44.6 Å². The molecule has 2 saturated carbocycles. The normalized spacial score (nSPS) is 29.6. The van der Waals surface area contributed by atoms with Crippen molar-refractivity contribution in [2.24, 2.45) is 0 Å². The summed E-state index contributed by atoms with van der Waals surface area (Å²) in [5, 5.41) is 39.1. The molecule has 3 aliphatic rings. The monoisotopic (exact) mass is 686 g/mol. The summed E-state index contributed by atoms with van der Waals surface area (Å²) < 4.78 is 109. The molecule has 2 aromatic rings. The Bertz CT molecular complexity index is 1400. The maximum atomic E-state index is 14.1. The van der Waals surface area contributed by atoms with Gasteiger partial charge in [0.1, 0.15) is 40.7 Å². The summed E-state index contributed by atoms with van der Waals surface area (Å²) in [5.41, 5.74) is -3.61. The lowest BCUT2D eigenvalue weighted by Gasteiger charge is -2.48. The van der Waals surface area contributed by atoms with E-state index in [1.807, 2.05) is 0 Å². The van der Waals surface area contributed by atoms with Gasteiger partial charge in [-0.2, -0.15) is 0 Å². The zero-order chi connectivity index (χ0) is 33.8. The fourth-order valence-electron chi connectivity index (χ4n) is 6.11. The Kier molecular flexibility index (Phi) is 9.71. The number of amides is 1. The van der Waals surface area contributed by atoms with Crippen molar-refractivity contribution in [3.8, 4) is 11.3 Å². The average Bonchev–Trinajstić information content (AvgIpc) is 3.48. The minimum absolute atomic E-state index is 0.125. The van der Waals surface area contributed by atoms with Crippen LogP contribution in [0.25, 0.3) is 11.3 Å².